The van der Waals surface area contributed by atoms with E-state index in [1.807, 2.05) is 0 Å². The van der Waals surface area contributed by atoms with Gasteiger partial charge in [0.1, 0.15) is 6.10 Å². The lowest BCUT2D eigenvalue weighted by atomic mass is 9.36. The molecule has 0 aliphatic heterocycles. The monoisotopic (exact) mass is 604 g/mol. The summed E-state index contributed by atoms with van der Waals surface area (Å²) in [6, 6.07) is 5.05. The number of aliphatic hydroxyl groups is 1. The average molecular weight is 605 g/mol. The minimum atomic E-state index is -0.304. The molecule has 1 aromatic carbocycles. The van der Waals surface area contributed by atoms with Crippen molar-refractivity contribution >= 4 is 12.0 Å². The molecule has 5 heteroatoms. The molecule has 0 aromatic heterocycles. The zero-order valence-corrected chi connectivity index (χ0v) is 28.0. The van der Waals surface area contributed by atoms with Crippen LogP contribution in [0.25, 0.3) is 6.08 Å². The smallest absolute Gasteiger partial charge is 0.331 e. The predicted molar refractivity (Wildman–Crippen MR) is 175 cm³/mol. The summed E-state index contributed by atoms with van der Waals surface area (Å²) in [5.41, 5.74) is 2.69. The number of aromatic hydroxyl groups is 1. The van der Waals surface area contributed by atoms with Gasteiger partial charge in [-0.2, -0.15) is 0 Å². The summed E-state index contributed by atoms with van der Waals surface area (Å²) in [6.45, 7) is 17.0. The van der Waals surface area contributed by atoms with Gasteiger partial charge in [0, 0.05) is 12.7 Å². The summed E-state index contributed by atoms with van der Waals surface area (Å²) >= 11 is 0. The van der Waals surface area contributed by atoms with Gasteiger partial charge in [-0.3, -0.25) is 0 Å². The van der Waals surface area contributed by atoms with Crippen LogP contribution in [0.1, 0.15) is 104 Å². The van der Waals surface area contributed by atoms with Crippen LogP contribution in [0, 0.1) is 57.2 Å². The molecule has 5 nitrogen and oxygen atoms in total. The first-order valence-corrected chi connectivity index (χ1v) is 17.3. The van der Waals surface area contributed by atoms with Crippen molar-refractivity contribution in [1.29, 1.82) is 0 Å². The fraction of sp³-hybridized carbons (Fsp3) is 0.718. The maximum Gasteiger partial charge on any atom is 0.331 e. The number of methoxy groups -OCH3 is 1. The van der Waals surface area contributed by atoms with Crippen LogP contribution in [0.3, 0.4) is 0 Å². The molecule has 5 saturated carbocycles. The van der Waals surface area contributed by atoms with Crippen molar-refractivity contribution in [1.82, 2.24) is 0 Å². The van der Waals surface area contributed by atoms with E-state index >= 15 is 0 Å². The van der Waals surface area contributed by atoms with Crippen LogP contribution in [0.4, 0.5) is 0 Å². The van der Waals surface area contributed by atoms with Crippen molar-refractivity contribution in [3.8, 4) is 11.5 Å². The zero-order chi connectivity index (χ0) is 31.7. The summed E-state index contributed by atoms with van der Waals surface area (Å²) in [7, 11) is 1.52. The molecule has 0 radical (unpaired) electrons. The molecule has 5 fully saturated rings. The first kappa shape index (κ1) is 31.7. The Morgan fingerprint density at radius 1 is 1.00 bits per heavy atom. The third-order valence-electron chi connectivity index (χ3n) is 14.2. The number of phenols is 1. The SMILES string of the molecule is C=C(C)[C@@H]1CC[C@]2(CO)CC[C@@H]3[C@H](CC[C@H]4[C@@]3(C)CC[C@H]3C(C)(C)C[C@@H](OC(=O)/C=C/c5ccc(O)c(OC)c5)C[C@]43C)[C@@H]12. The van der Waals surface area contributed by atoms with E-state index in [4.69, 9.17) is 9.47 Å². The van der Waals surface area contributed by atoms with Crippen molar-refractivity contribution in [3.05, 3.63) is 42.0 Å². The number of rotatable bonds is 6. The number of ether oxygens (including phenoxy) is 2. The molecule has 242 valence electrons. The van der Waals surface area contributed by atoms with Crippen LogP contribution >= 0.6 is 0 Å². The van der Waals surface area contributed by atoms with Crippen molar-refractivity contribution < 1.29 is 24.5 Å². The average Bonchev–Trinajstić information content (AvgIpc) is 3.37. The fourth-order valence-corrected chi connectivity index (χ4v) is 12.7. The summed E-state index contributed by atoms with van der Waals surface area (Å²) in [5.74, 6) is 3.88. The molecule has 0 saturated heterocycles. The van der Waals surface area contributed by atoms with Gasteiger partial charge in [0.25, 0.3) is 0 Å². The molecule has 5 aliphatic carbocycles. The number of carbonyl (C=O) groups is 1. The Morgan fingerprint density at radius 3 is 2.45 bits per heavy atom. The highest BCUT2D eigenvalue weighted by Crippen LogP contribution is 2.73. The highest BCUT2D eigenvalue weighted by molar-refractivity contribution is 5.87. The minimum Gasteiger partial charge on any atom is -0.504 e. The van der Waals surface area contributed by atoms with E-state index in [1.165, 1.54) is 57.3 Å². The van der Waals surface area contributed by atoms with Gasteiger partial charge in [-0.25, -0.2) is 4.79 Å². The second-order valence-electron chi connectivity index (χ2n) is 16.8. The van der Waals surface area contributed by atoms with Gasteiger partial charge >= 0.3 is 5.97 Å². The van der Waals surface area contributed by atoms with E-state index in [0.717, 1.165) is 31.2 Å². The highest BCUT2D eigenvalue weighted by atomic mass is 16.5. The van der Waals surface area contributed by atoms with Crippen LogP contribution in [0.5, 0.6) is 11.5 Å². The third-order valence-corrected chi connectivity index (χ3v) is 14.2. The standard InChI is InChI=1S/C39H56O5/c1-24(2)27-14-18-39(23-40)19-15-29-28(35(27)39)10-12-33-37(29,5)17-16-32-36(3,4)21-26(22-38(32,33)6)44-34(42)13-9-25-8-11-30(41)31(20-25)43-7/h8-9,11,13,20,26-29,32-33,35,40-41H,1,10,12,14-19,21-23H2,2-7H3/b13-9+/t26-,27+,28+,29-,32+,33+,35-,37+,38+,39-/m1/s1. The number of hydrogen-bond donors (Lipinski definition) is 2. The van der Waals surface area contributed by atoms with Gasteiger partial charge in [-0.15, -0.1) is 0 Å². The van der Waals surface area contributed by atoms with Gasteiger partial charge in [0.15, 0.2) is 11.5 Å². The van der Waals surface area contributed by atoms with E-state index < -0.39 is 0 Å². The van der Waals surface area contributed by atoms with Crippen molar-refractivity contribution in [2.24, 2.45) is 57.2 Å². The zero-order valence-electron chi connectivity index (χ0n) is 28.0. The number of benzene rings is 1. The highest BCUT2D eigenvalue weighted by Gasteiger charge is 2.67. The maximum atomic E-state index is 13.1. The van der Waals surface area contributed by atoms with E-state index in [-0.39, 0.29) is 39.5 Å². The van der Waals surface area contributed by atoms with Crippen LogP contribution in [-0.4, -0.2) is 36.0 Å². The normalized spacial score (nSPS) is 42.5. The molecule has 0 heterocycles. The summed E-state index contributed by atoms with van der Waals surface area (Å²) in [5, 5.41) is 20.6. The number of allylic oxidation sites excluding steroid dienone is 1. The predicted octanol–water partition coefficient (Wildman–Crippen LogP) is 8.59. The lowest BCUT2D eigenvalue weighted by Gasteiger charge is -2.69. The molecule has 10 atom stereocenters. The molecule has 0 spiro atoms. The van der Waals surface area contributed by atoms with Gasteiger partial charge in [-0.1, -0.05) is 45.9 Å². The van der Waals surface area contributed by atoms with Crippen molar-refractivity contribution in [2.75, 3.05) is 13.7 Å². The van der Waals surface area contributed by atoms with Gasteiger partial charge in [0.2, 0.25) is 0 Å². The molecule has 44 heavy (non-hydrogen) atoms. The van der Waals surface area contributed by atoms with E-state index in [2.05, 4.69) is 41.2 Å². The maximum absolute atomic E-state index is 13.1. The molecule has 5 aliphatic rings. The molecular formula is C39H56O5. The Hall–Kier alpha value is -2.27. The number of aliphatic hydroxyl groups excluding tert-OH is 1. The number of esters is 1. The van der Waals surface area contributed by atoms with Crippen LogP contribution in [0.15, 0.2) is 36.4 Å². The van der Waals surface area contributed by atoms with E-state index in [9.17, 15) is 15.0 Å². The fourth-order valence-electron chi connectivity index (χ4n) is 12.7. The Balaban J connectivity index is 1.23. The minimum absolute atomic E-state index is 0.0767. The number of phenolic OH excluding ortho intramolecular Hbond substituents is 1. The molecule has 0 bridgehead atoms. The third kappa shape index (κ3) is 4.95. The van der Waals surface area contributed by atoms with Gasteiger partial charge in [0.05, 0.1) is 7.11 Å². The summed E-state index contributed by atoms with van der Waals surface area (Å²) in [6.07, 6.45) is 14.8. The Bertz CT molecular complexity index is 1310. The van der Waals surface area contributed by atoms with E-state index in [1.54, 1.807) is 24.3 Å². The Kier molecular flexibility index (Phi) is 8.08. The molecule has 6 rings (SSSR count). The number of carbonyl (C=O) groups excluding carboxylic acids is 1. The molecular weight excluding hydrogens is 548 g/mol. The topological polar surface area (TPSA) is 76.0 Å². The molecule has 1 aromatic rings. The first-order valence-electron chi connectivity index (χ1n) is 17.3. The summed E-state index contributed by atoms with van der Waals surface area (Å²) in [4.78, 5) is 13.1. The number of fused-ring (bicyclic) bond motifs is 7. The summed E-state index contributed by atoms with van der Waals surface area (Å²) < 4.78 is 11.5. The second kappa shape index (κ2) is 11.2. The largest absolute Gasteiger partial charge is 0.504 e. The molecule has 0 amide bonds. The lowest BCUT2D eigenvalue weighted by Crippen LogP contribution is -2.63. The Labute approximate surface area is 265 Å². The van der Waals surface area contributed by atoms with Gasteiger partial charge in [-0.05, 0) is 152 Å². The second-order valence-corrected chi connectivity index (χ2v) is 16.8. The van der Waals surface area contributed by atoms with E-state index in [0.29, 0.717) is 47.9 Å². The molecule has 0 unspecified atom stereocenters. The quantitative estimate of drug-likeness (QED) is 0.193. The number of hydrogen-bond acceptors (Lipinski definition) is 5. The first-order chi connectivity index (χ1) is 20.8. The van der Waals surface area contributed by atoms with Crippen molar-refractivity contribution in [2.45, 2.75) is 105 Å². The Morgan fingerprint density at radius 2 is 1.75 bits per heavy atom. The lowest BCUT2D eigenvalue weighted by molar-refractivity contribution is -0.217. The van der Waals surface area contributed by atoms with Crippen LogP contribution in [0.2, 0.25) is 0 Å². The van der Waals surface area contributed by atoms with Crippen LogP contribution < -0.4 is 4.74 Å². The van der Waals surface area contributed by atoms with Gasteiger partial charge < -0.3 is 19.7 Å². The van der Waals surface area contributed by atoms with Crippen molar-refractivity contribution in [3.63, 3.8) is 0 Å². The molecule has 2 N–H and O–H groups in total. The van der Waals surface area contributed by atoms with Crippen LogP contribution in [-0.2, 0) is 9.53 Å².